The lowest BCUT2D eigenvalue weighted by molar-refractivity contribution is -0.136. The number of amides is 4. The average molecular weight is 403 g/mol. The molecular formula is C21H29N3O5. The Morgan fingerprint density at radius 1 is 1.28 bits per heavy atom. The zero-order chi connectivity index (χ0) is 21.2. The van der Waals surface area contributed by atoms with E-state index in [0.29, 0.717) is 30.3 Å². The molecule has 158 valence electrons. The van der Waals surface area contributed by atoms with Crippen LogP contribution in [0.15, 0.2) is 18.2 Å². The third-order valence-corrected chi connectivity index (χ3v) is 5.96. The number of methoxy groups -OCH3 is 2. The third-order valence-electron chi connectivity index (χ3n) is 5.96. The summed E-state index contributed by atoms with van der Waals surface area (Å²) >= 11 is 0. The van der Waals surface area contributed by atoms with Crippen LogP contribution in [0.1, 0.15) is 51.1 Å². The van der Waals surface area contributed by atoms with Gasteiger partial charge in [0.2, 0.25) is 5.91 Å². The Labute approximate surface area is 170 Å². The second-order valence-corrected chi connectivity index (χ2v) is 7.98. The van der Waals surface area contributed by atoms with Crippen molar-refractivity contribution in [3.8, 4) is 11.5 Å². The number of ether oxygens (including phenoxy) is 2. The van der Waals surface area contributed by atoms with E-state index in [-0.39, 0.29) is 12.5 Å². The highest BCUT2D eigenvalue weighted by atomic mass is 16.5. The SMILES string of the molecule is COc1ccc(OC)c([C@H](C)NC(=O)CN2C(=O)NC3(CCC(C)CC3)C2=O)c1. The summed E-state index contributed by atoms with van der Waals surface area (Å²) in [6.45, 7) is 3.65. The van der Waals surface area contributed by atoms with Gasteiger partial charge in [0.15, 0.2) is 0 Å². The maximum absolute atomic E-state index is 12.9. The third kappa shape index (κ3) is 4.16. The quantitative estimate of drug-likeness (QED) is 0.711. The van der Waals surface area contributed by atoms with Gasteiger partial charge in [-0.1, -0.05) is 6.92 Å². The van der Waals surface area contributed by atoms with Gasteiger partial charge in [0.05, 0.1) is 20.3 Å². The Morgan fingerprint density at radius 3 is 2.59 bits per heavy atom. The van der Waals surface area contributed by atoms with Gasteiger partial charge in [0, 0.05) is 5.56 Å². The number of carbonyl (C=O) groups excluding carboxylic acids is 3. The van der Waals surface area contributed by atoms with E-state index >= 15 is 0 Å². The van der Waals surface area contributed by atoms with E-state index in [2.05, 4.69) is 17.6 Å². The lowest BCUT2D eigenvalue weighted by Gasteiger charge is -2.33. The highest BCUT2D eigenvalue weighted by molar-refractivity contribution is 6.09. The van der Waals surface area contributed by atoms with Crippen LogP contribution in [0.3, 0.4) is 0 Å². The molecule has 1 saturated heterocycles. The predicted molar refractivity (Wildman–Crippen MR) is 107 cm³/mol. The summed E-state index contributed by atoms with van der Waals surface area (Å²) < 4.78 is 10.6. The highest BCUT2D eigenvalue weighted by Gasteiger charge is 2.52. The first kappa shape index (κ1) is 21.0. The topological polar surface area (TPSA) is 97.0 Å². The van der Waals surface area contributed by atoms with E-state index in [1.165, 1.54) is 0 Å². The van der Waals surface area contributed by atoms with Gasteiger partial charge >= 0.3 is 6.03 Å². The largest absolute Gasteiger partial charge is 0.497 e. The number of nitrogens with zero attached hydrogens (tertiary/aromatic N) is 1. The van der Waals surface area contributed by atoms with Crippen LogP contribution in [0, 0.1) is 5.92 Å². The molecule has 2 aliphatic rings. The zero-order valence-corrected chi connectivity index (χ0v) is 17.4. The number of benzene rings is 1. The monoisotopic (exact) mass is 403 g/mol. The lowest BCUT2D eigenvalue weighted by Crippen LogP contribution is -2.50. The van der Waals surface area contributed by atoms with Gasteiger partial charge in [-0.15, -0.1) is 0 Å². The van der Waals surface area contributed by atoms with Gasteiger partial charge in [-0.25, -0.2) is 4.79 Å². The fraction of sp³-hybridized carbons (Fsp3) is 0.571. The standard InChI is InChI=1S/C21H29N3O5/c1-13-7-9-21(10-8-13)19(26)24(20(27)23-21)12-18(25)22-14(2)16-11-15(28-3)5-6-17(16)29-4/h5-6,11,13-14H,7-10,12H2,1-4H3,(H,22,25)(H,23,27)/t13?,14-,21?/m0/s1. The number of hydrogen-bond donors (Lipinski definition) is 2. The number of nitrogens with one attached hydrogen (secondary N) is 2. The van der Waals surface area contributed by atoms with Crippen LogP contribution >= 0.6 is 0 Å². The van der Waals surface area contributed by atoms with E-state index in [0.717, 1.165) is 23.3 Å². The Morgan fingerprint density at radius 2 is 1.97 bits per heavy atom. The van der Waals surface area contributed by atoms with Crippen molar-refractivity contribution >= 4 is 17.8 Å². The molecule has 0 unspecified atom stereocenters. The number of hydrogen-bond acceptors (Lipinski definition) is 5. The molecule has 1 atom stereocenters. The first-order chi connectivity index (χ1) is 13.8. The maximum atomic E-state index is 12.9. The summed E-state index contributed by atoms with van der Waals surface area (Å²) in [4.78, 5) is 38.9. The Hall–Kier alpha value is -2.77. The van der Waals surface area contributed by atoms with Crippen LogP contribution in [0.4, 0.5) is 4.79 Å². The zero-order valence-electron chi connectivity index (χ0n) is 17.4. The number of rotatable bonds is 6. The predicted octanol–water partition coefficient (Wildman–Crippen LogP) is 2.38. The molecular weight excluding hydrogens is 374 g/mol. The molecule has 4 amide bonds. The van der Waals surface area contributed by atoms with Crippen LogP contribution in [0.5, 0.6) is 11.5 Å². The van der Waals surface area contributed by atoms with Crippen molar-refractivity contribution in [1.82, 2.24) is 15.5 Å². The smallest absolute Gasteiger partial charge is 0.325 e. The van der Waals surface area contributed by atoms with Crippen LogP contribution in [0.25, 0.3) is 0 Å². The normalized spacial score (nSPS) is 25.0. The molecule has 3 rings (SSSR count). The Bertz CT molecular complexity index is 802. The van der Waals surface area contributed by atoms with Crippen molar-refractivity contribution in [2.75, 3.05) is 20.8 Å². The molecule has 0 aromatic heterocycles. The van der Waals surface area contributed by atoms with Crippen LogP contribution < -0.4 is 20.1 Å². The molecule has 1 aromatic carbocycles. The van der Waals surface area contributed by atoms with Gasteiger partial charge in [0.25, 0.3) is 5.91 Å². The van der Waals surface area contributed by atoms with Crippen LogP contribution in [0.2, 0.25) is 0 Å². The van der Waals surface area contributed by atoms with E-state index in [9.17, 15) is 14.4 Å². The molecule has 1 spiro atoms. The van der Waals surface area contributed by atoms with Crippen molar-refractivity contribution in [2.45, 2.75) is 51.1 Å². The van der Waals surface area contributed by atoms with E-state index in [1.54, 1.807) is 32.4 Å². The first-order valence-corrected chi connectivity index (χ1v) is 9.95. The molecule has 8 nitrogen and oxygen atoms in total. The minimum Gasteiger partial charge on any atom is -0.497 e. The minimum absolute atomic E-state index is 0.295. The molecule has 0 radical (unpaired) electrons. The van der Waals surface area contributed by atoms with Gasteiger partial charge in [-0.05, 0) is 56.7 Å². The Balaban J connectivity index is 1.66. The summed E-state index contributed by atoms with van der Waals surface area (Å²) in [5.41, 5.74) is -0.0963. The summed E-state index contributed by atoms with van der Waals surface area (Å²) in [6, 6.07) is 4.44. The molecule has 2 N–H and O–H groups in total. The average Bonchev–Trinajstić information content (AvgIpc) is 2.93. The van der Waals surface area contributed by atoms with Crippen molar-refractivity contribution in [1.29, 1.82) is 0 Å². The van der Waals surface area contributed by atoms with E-state index < -0.39 is 23.5 Å². The lowest BCUT2D eigenvalue weighted by atomic mass is 9.77. The Kier molecular flexibility index (Phi) is 6.00. The van der Waals surface area contributed by atoms with Crippen molar-refractivity contribution in [2.24, 2.45) is 5.92 Å². The molecule has 1 aromatic rings. The van der Waals surface area contributed by atoms with Gasteiger partial charge < -0.3 is 20.1 Å². The van der Waals surface area contributed by atoms with Crippen molar-refractivity contribution < 1.29 is 23.9 Å². The molecule has 1 aliphatic carbocycles. The van der Waals surface area contributed by atoms with E-state index in [1.807, 2.05) is 6.92 Å². The van der Waals surface area contributed by atoms with Crippen LogP contribution in [-0.4, -0.2) is 49.0 Å². The van der Waals surface area contributed by atoms with E-state index in [4.69, 9.17) is 9.47 Å². The first-order valence-electron chi connectivity index (χ1n) is 9.95. The molecule has 8 heteroatoms. The highest BCUT2D eigenvalue weighted by Crippen LogP contribution is 2.36. The maximum Gasteiger partial charge on any atom is 0.325 e. The summed E-state index contributed by atoms with van der Waals surface area (Å²) in [5.74, 6) is 1.10. The van der Waals surface area contributed by atoms with Crippen LogP contribution in [-0.2, 0) is 9.59 Å². The fourth-order valence-corrected chi connectivity index (χ4v) is 4.10. The van der Waals surface area contributed by atoms with Gasteiger partial charge in [-0.2, -0.15) is 0 Å². The minimum atomic E-state index is -0.842. The molecule has 1 heterocycles. The molecule has 0 bridgehead atoms. The number of urea groups is 1. The van der Waals surface area contributed by atoms with Crippen molar-refractivity contribution in [3.05, 3.63) is 23.8 Å². The van der Waals surface area contributed by atoms with Crippen molar-refractivity contribution in [3.63, 3.8) is 0 Å². The van der Waals surface area contributed by atoms with Gasteiger partial charge in [-0.3, -0.25) is 14.5 Å². The molecule has 2 fully saturated rings. The summed E-state index contributed by atoms with van der Waals surface area (Å²) in [5, 5.41) is 5.67. The molecule has 29 heavy (non-hydrogen) atoms. The number of carbonyl (C=O) groups is 3. The fourth-order valence-electron chi connectivity index (χ4n) is 4.10. The van der Waals surface area contributed by atoms with Gasteiger partial charge in [0.1, 0.15) is 23.6 Å². The molecule has 1 aliphatic heterocycles. The summed E-state index contributed by atoms with van der Waals surface area (Å²) in [7, 11) is 3.12. The second-order valence-electron chi connectivity index (χ2n) is 7.98. The second kappa shape index (κ2) is 8.31. The number of imide groups is 1. The summed E-state index contributed by atoms with van der Waals surface area (Å²) in [6.07, 6.45) is 3.01. The molecule has 1 saturated carbocycles.